The summed E-state index contributed by atoms with van der Waals surface area (Å²) in [6.45, 7) is 8.77. The SMILES string of the molecule is COc1nc(-c2cccc(-c3cccc(-c4cc5c(c(OC)n4)[C@@H](NC[C@@H]4CCC(=O)N4)CC5)c3Cl)c2Cl)cc(C)c1CN1CC2(C1)CN(C(C)=O)C2. The van der Waals surface area contributed by atoms with Gasteiger partial charge in [0.1, 0.15) is 0 Å². The molecule has 276 valence electrons. The lowest BCUT2D eigenvalue weighted by Gasteiger charge is -2.60. The van der Waals surface area contributed by atoms with Gasteiger partial charge in [-0.05, 0) is 49.4 Å². The zero-order chi connectivity index (χ0) is 37.0. The van der Waals surface area contributed by atoms with E-state index < -0.39 is 0 Å². The van der Waals surface area contributed by atoms with Crippen molar-refractivity contribution in [2.45, 2.75) is 58.2 Å². The summed E-state index contributed by atoms with van der Waals surface area (Å²) in [5, 5.41) is 7.77. The van der Waals surface area contributed by atoms with Gasteiger partial charge in [-0.15, -0.1) is 0 Å². The molecule has 1 aliphatic carbocycles. The van der Waals surface area contributed by atoms with Crippen molar-refractivity contribution in [3.8, 4) is 45.4 Å². The van der Waals surface area contributed by atoms with Gasteiger partial charge >= 0.3 is 0 Å². The Labute approximate surface area is 320 Å². The Hall–Kier alpha value is -4.22. The van der Waals surface area contributed by atoms with Crippen molar-refractivity contribution < 1.29 is 19.1 Å². The first-order valence-corrected chi connectivity index (χ1v) is 19.0. The summed E-state index contributed by atoms with van der Waals surface area (Å²) < 4.78 is 11.7. The van der Waals surface area contributed by atoms with Crippen molar-refractivity contribution in [1.82, 2.24) is 30.4 Å². The van der Waals surface area contributed by atoms with Crippen LogP contribution in [0.4, 0.5) is 0 Å². The highest BCUT2D eigenvalue weighted by Gasteiger charge is 2.52. The minimum atomic E-state index is 0.0996. The molecule has 12 heteroatoms. The van der Waals surface area contributed by atoms with Crippen molar-refractivity contribution in [3.63, 3.8) is 0 Å². The summed E-state index contributed by atoms with van der Waals surface area (Å²) in [4.78, 5) is 37.6. The molecule has 2 amide bonds. The molecule has 5 heterocycles. The molecular formula is C41H44Cl2N6O4. The monoisotopic (exact) mass is 754 g/mol. The number of hydrogen-bond donors (Lipinski definition) is 2. The zero-order valence-electron chi connectivity index (χ0n) is 30.5. The molecule has 2 aromatic heterocycles. The summed E-state index contributed by atoms with van der Waals surface area (Å²) >= 11 is 14.5. The van der Waals surface area contributed by atoms with Gasteiger partial charge in [-0.3, -0.25) is 14.5 Å². The standard InChI is InChI=1S/C41H44Cl2N6O4/c1-23-15-33(46-39(52-3)31(23)18-48-19-41(20-48)21-49(22-41)24(2)50)29-9-5-7-27(37(29)42)28-8-6-10-30(38(28)43)34-16-25-11-13-32(36(25)40(47-34)53-4)44-17-26-12-14-35(51)45-26/h5-10,15-16,26,32,44H,11-14,17-22H2,1-4H3,(H,45,51)/t26-,32-/m0/s1. The number of benzene rings is 2. The molecule has 2 atom stereocenters. The fraction of sp³-hybridized carbons (Fsp3) is 0.415. The Balaban J connectivity index is 1.04. The van der Waals surface area contributed by atoms with E-state index in [0.717, 1.165) is 102 Å². The largest absolute Gasteiger partial charge is 0.481 e. The third-order valence-corrected chi connectivity index (χ3v) is 12.2. The maximum atomic E-state index is 11.7. The number of halogens is 2. The van der Waals surface area contributed by atoms with Gasteiger partial charge in [-0.2, -0.15) is 0 Å². The fourth-order valence-corrected chi connectivity index (χ4v) is 9.34. The van der Waals surface area contributed by atoms with Gasteiger partial charge in [0, 0.05) is 103 Å². The number of nitrogens with one attached hydrogen (secondary N) is 2. The van der Waals surface area contributed by atoms with E-state index in [1.54, 1.807) is 21.1 Å². The van der Waals surface area contributed by atoms with Crippen LogP contribution in [0.15, 0.2) is 48.5 Å². The van der Waals surface area contributed by atoms with E-state index >= 15 is 0 Å². The van der Waals surface area contributed by atoms with Gasteiger partial charge in [0.05, 0.1) is 35.7 Å². The first kappa shape index (κ1) is 35.8. The highest BCUT2D eigenvalue weighted by Crippen LogP contribution is 2.45. The number of hydrogen-bond acceptors (Lipinski definition) is 8. The van der Waals surface area contributed by atoms with Crippen LogP contribution in [0.2, 0.25) is 10.0 Å². The van der Waals surface area contributed by atoms with Gasteiger partial charge < -0.3 is 25.0 Å². The molecule has 0 unspecified atom stereocenters. The predicted octanol–water partition coefficient (Wildman–Crippen LogP) is 6.63. The lowest BCUT2D eigenvalue weighted by molar-refractivity contribution is -0.157. The van der Waals surface area contributed by atoms with Gasteiger partial charge in [-0.1, -0.05) is 59.6 Å². The molecule has 0 saturated carbocycles. The quantitative estimate of drug-likeness (QED) is 0.186. The Bertz CT molecular complexity index is 2110. The number of pyridine rings is 2. The molecular weight excluding hydrogens is 711 g/mol. The van der Waals surface area contributed by atoms with Crippen LogP contribution in [0.25, 0.3) is 33.6 Å². The summed E-state index contributed by atoms with van der Waals surface area (Å²) in [7, 11) is 3.31. The second kappa shape index (κ2) is 14.2. The fourth-order valence-electron chi connectivity index (χ4n) is 8.69. The number of amides is 2. The molecule has 0 radical (unpaired) electrons. The second-order valence-corrected chi connectivity index (χ2v) is 15.8. The number of aryl methyl sites for hydroxylation is 2. The molecule has 8 rings (SSSR count). The van der Waals surface area contributed by atoms with Crippen LogP contribution in [-0.2, 0) is 22.6 Å². The minimum absolute atomic E-state index is 0.0996. The number of fused-ring (bicyclic) bond motifs is 1. The number of ether oxygens (including phenoxy) is 2. The van der Waals surface area contributed by atoms with E-state index in [1.165, 1.54) is 5.56 Å². The predicted molar refractivity (Wildman–Crippen MR) is 206 cm³/mol. The van der Waals surface area contributed by atoms with Crippen molar-refractivity contribution in [2.75, 3.05) is 46.9 Å². The second-order valence-electron chi connectivity index (χ2n) is 15.1. The van der Waals surface area contributed by atoms with Crippen molar-refractivity contribution >= 4 is 35.0 Å². The summed E-state index contributed by atoms with van der Waals surface area (Å²) in [5.74, 6) is 1.43. The topological polar surface area (TPSA) is 109 Å². The van der Waals surface area contributed by atoms with Gasteiger partial charge in [-0.25, -0.2) is 9.97 Å². The number of likely N-dealkylation sites (tertiary alicyclic amines) is 2. The van der Waals surface area contributed by atoms with Gasteiger partial charge in [0.2, 0.25) is 23.6 Å². The Kier molecular flexibility index (Phi) is 9.60. The third kappa shape index (κ3) is 6.64. The lowest BCUT2D eigenvalue weighted by atomic mass is 9.72. The van der Waals surface area contributed by atoms with Crippen molar-refractivity contribution in [1.29, 1.82) is 0 Å². The van der Waals surface area contributed by atoms with Crippen molar-refractivity contribution in [3.05, 3.63) is 80.8 Å². The molecule has 10 nitrogen and oxygen atoms in total. The van der Waals surface area contributed by atoms with Crippen LogP contribution in [0.1, 0.15) is 54.5 Å². The molecule has 4 aromatic rings. The number of nitrogens with zero attached hydrogens (tertiary/aromatic N) is 4. The van der Waals surface area contributed by atoms with E-state index in [4.69, 9.17) is 42.6 Å². The third-order valence-electron chi connectivity index (χ3n) is 11.4. The van der Waals surface area contributed by atoms with Crippen LogP contribution < -0.4 is 20.1 Å². The zero-order valence-corrected chi connectivity index (χ0v) is 32.0. The van der Waals surface area contributed by atoms with Crippen molar-refractivity contribution in [2.24, 2.45) is 5.41 Å². The first-order chi connectivity index (χ1) is 25.6. The van der Waals surface area contributed by atoms with E-state index in [0.29, 0.717) is 34.8 Å². The number of rotatable bonds is 10. The highest BCUT2D eigenvalue weighted by atomic mass is 35.5. The maximum Gasteiger partial charge on any atom is 0.220 e. The lowest BCUT2D eigenvalue weighted by Crippen LogP contribution is -2.72. The molecule has 2 aromatic carbocycles. The first-order valence-electron chi connectivity index (χ1n) is 18.3. The average molecular weight is 756 g/mol. The smallest absolute Gasteiger partial charge is 0.220 e. The average Bonchev–Trinajstić information content (AvgIpc) is 3.73. The van der Waals surface area contributed by atoms with Crippen LogP contribution in [-0.4, -0.2) is 84.6 Å². The minimum Gasteiger partial charge on any atom is -0.481 e. The van der Waals surface area contributed by atoms with E-state index in [9.17, 15) is 9.59 Å². The molecule has 1 spiro atoms. The Morgan fingerprint density at radius 2 is 1.53 bits per heavy atom. The maximum absolute atomic E-state index is 11.7. The molecule has 3 aliphatic heterocycles. The summed E-state index contributed by atoms with van der Waals surface area (Å²) in [5.41, 5.74) is 9.23. The Morgan fingerprint density at radius 3 is 2.13 bits per heavy atom. The van der Waals surface area contributed by atoms with Gasteiger partial charge in [0.25, 0.3) is 0 Å². The summed E-state index contributed by atoms with van der Waals surface area (Å²) in [6, 6.07) is 16.3. The van der Waals surface area contributed by atoms with E-state index in [2.05, 4.69) is 34.6 Å². The molecule has 2 N–H and O–H groups in total. The molecule has 53 heavy (non-hydrogen) atoms. The summed E-state index contributed by atoms with van der Waals surface area (Å²) in [6.07, 6.45) is 3.24. The molecule has 3 saturated heterocycles. The van der Waals surface area contributed by atoms with Crippen LogP contribution in [0.5, 0.6) is 11.8 Å². The molecule has 4 aliphatic rings. The highest BCUT2D eigenvalue weighted by molar-refractivity contribution is 6.39. The Morgan fingerprint density at radius 1 is 0.906 bits per heavy atom. The van der Waals surface area contributed by atoms with E-state index in [1.807, 2.05) is 41.3 Å². The van der Waals surface area contributed by atoms with Gasteiger partial charge in [0.15, 0.2) is 0 Å². The van der Waals surface area contributed by atoms with E-state index in [-0.39, 0.29) is 29.3 Å². The van der Waals surface area contributed by atoms with Crippen LogP contribution in [0, 0.1) is 12.3 Å². The van der Waals surface area contributed by atoms with Crippen LogP contribution >= 0.6 is 23.2 Å². The normalized spacial score (nSPS) is 20.2. The molecule has 3 fully saturated rings. The molecule has 0 bridgehead atoms. The van der Waals surface area contributed by atoms with Crippen LogP contribution in [0.3, 0.4) is 0 Å². The number of methoxy groups -OCH3 is 2. The number of carbonyl (C=O) groups excluding carboxylic acids is 2. The number of carbonyl (C=O) groups is 2. The number of aromatic nitrogens is 2.